The fraction of sp³-hybridized carbons (Fsp3) is 0.661. The number of carbonyl (C=O) groups is 4. The van der Waals surface area contributed by atoms with Gasteiger partial charge >= 0.3 is 17.8 Å². The van der Waals surface area contributed by atoms with Crippen LogP contribution in [0, 0.1) is 5.92 Å². The summed E-state index contributed by atoms with van der Waals surface area (Å²) in [6.45, 7) is 1.18. The molecule has 96 heavy (non-hydrogen) atoms. The lowest BCUT2D eigenvalue weighted by Gasteiger charge is -2.48. The third-order valence-corrected chi connectivity index (χ3v) is 17.8. The van der Waals surface area contributed by atoms with Crippen LogP contribution in [0.5, 0.6) is 5.75 Å². The van der Waals surface area contributed by atoms with Crippen LogP contribution in [0.15, 0.2) is 59.6 Å². The minimum atomic E-state index is -2.29. The van der Waals surface area contributed by atoms with Gasteiger partial charge in [-0.25, -0.2) is 9.57 Å². The highest BCUT2D eigenvalue weighted by Gasteiger charge is 2.56. The first-order valence-electron chi connectivity index (χ1n) is 31.4. The fourth-order valence-electron chi connectivity index (χ4n) is 12.3. The second-order valence-corrected chi connectivity index (χ2v) is 25.0. The topological polar surface area (TPSA) is 586 Å². The van der Waals surface area contributed by atoms with E-state index in [0.29, 0.717) is 12.0 Å². The summed E-state index contributed by atoms with van der Waals surface area (Å²) >= 11 is 0. The molecule has 37 nitrogen and oxygen atoms in total. The Kier molecular flexibility index (Phi) is 24.4. The Morgan fingerprint density at radius 3 is 2.01 bits per heavy atom. The number of aliphatic imine (C=N–C) groups is 1. The number of fused-ring (bicyclic) bond motifs is 1. The number of hydrogen-bond acceptors (Lipinski definition) is 29. The first-order chi connectivity index (χ1) is 45.7. The van der Waals surface area contributed by atoms with Gasteiger partial charge in [0.1, 0.15) is 134 Å². The van der Waals surface area contributed by atoms with E-state index >= 15 is 9.59 Å². The smallest absolute Gasteiger partial charge is 0.358 e. The first kappa shape index (κ1) is 73.1. The monoisotopic (exact) mass is 1360 g/mol. The standard InChI is InChI=1S/C59H86N12O25/c1-22(2)13-35-90-21-33-49(95-35)44(81)47(84)57(94-33)96-48-32(20-74)93-56(46(83)43(48)80)91-26-11-9-24(10-12-26)14-27-51(86)69-37(39(76)28-15-63-58(60)67-28)54(89)70-38(40(77)30-16-64-59(61)71(30)55-45(82)42(79)41(78)31(19-73)92-55)53(88)66-29(18-72)50(85)62-17-34(75)68-36(52(87)65-27)23(3)25-7-5-4-6-8-25/h4-12,22-23,27-33,35-49,55-57,72-74,76-84H,13-21H2,1-3H3,(H11,60,61,62,63,64,65,66,67,68,69,70,75,85,86,87,88,89)/p+2/t23-,27-,28+,29?,30+,31+,32-,33+,35?,36-,37+,38-,39-,40-,41+,42+,43+,44-,45+,46-,47+,48+,49+,55-,56-,57+/m1/s1. The summed E-state index contributed by atoms with van der Waals surface area (Å²) in [5.41, 5.74) is 13.0. The third-order valence-electron chi connectivity index (χ3n) is 17.8. The van der Waals surface area contributed by atoms with E-state index in [0.717, 1.165) is 4.58 Å². The van der Waals surface area contributed by atoms with E-state index < -0.39 is 234 Å². The van der Waals surface area contributed by atoms with Gasteiger partial charge in [-0.05, 0) is 29.2 Å². The van der Waals surface area contributed by atoms with Gasteiger partial charge in [0.05, 0.1) is 33.0 Å². The number of amides is 4. The molecule has 2 aromatic rings. The van der Waals surface area contributed by atoms with Crippen LogP contribution in [-0.4, -0.2) is 317 Å². The number of nitrogens with zero attached hydrogens (tertiary/aromatic N) is 2. The molecular weight excluding hydrogens is 1280 g/mol. The molecule has 0 aliphatic carbocycles. The summed E-state index contributed by atoms with van der Waals surface area (Å²) in [7, 11) is 0. The van der Waals surface area contributed by atoms with Gasteiger partial charge in [0.2, 0.25) is 36.1 Å². The quantitative estimate of drug-likeness (QED) is 0.0616. The van der Waals surface area contributed by atoms with E-state index in [-0.39, 0.29) is 42.3 Å². The molecule has 7 heterocycles. The summed E-state index contributed by atoms with van der Waals surface area (Å²) in [5.74, 6) is -8.22. The highest BCUT2D eigenvalue weighted by molar-refractivity contribution is 5.97. The molecule has 532 valence electrons. The van der Waals surface area contributed by atoms with E-state index in [2.05, 4.69) is 46.9 Å². The van der Waals surface area contributed by atoms with Gasteiger partial charge in [0.25, 0.3) is 0 Å². The minimum absolute atomic E-state index is 0.0338. The van der Waals surface area contributed by atoms with Crippen molar-refractivity contribution in [2.45, 2.75) is 192 Å². The second kappa shape index (κ2) is 32.0. The van der Waals surface area contributed by atoms with Crippen molar-refractivity contribution in [1.29, 1.82) is 0 Å². The molecule has 9 rings (SSSR count). The molecule has 26 atom stereocenters. The molecule has 0 aromatic heterocycles. The van der Waals surface area contributed by atoms with Crippen LogP contribution >= 0.6 is 0 Å². The van der Waals surface area contributed by atoms with E-state index in [9.17, 15) is 81.1 Å². The molecule has 0 saturated carbocycles. The summed E-state index contributed by atoms with van der Waals surface area (Å²) < 4.78 is 42.0. The Labute approximate surface area is 548 Å². The average molecular weight is 1370 g/mol. The van der Waals surface area contributed by atoms with Crippen molar-refractivity contribution in [3.8, 4) is 5.75 Å². The van der Waals surface area contributed by atoms with Gasteiger partial charge < -0.3 is 126 Å². The SMILES string of the molecule is CC(C)CC1OC[C@@H]2O[C@@H](O[C@@H]3[C@@H](O)[C@@H](O)[C@H](Oc4ccc(C[C@H]5NC(=O)[C@@H]([C@H](C)c6ccccc6)N=C([O-])C[NH+]=C(O)C(CO)NC(=O)[C@@H]([C@H](O)[C@@H]6CNC(N)=[N+]6[C@@H]6O[C@@H](CO)[C@H](O)[C@H](O)[C@@H]6O)NC(=O)[C@H]([C@H](O)[C@@H]6C[NH+]=C(N)N6)NC5=O)cc4)O[C@@H]3CO)[C@@H](O)[C@@H](O)[C@H]2O1. The number of nitrogens with one attached hydrogen (secondary N) is 8. The number of aliphatic hydroxyl groups excluding tert-OH is 13. The average Bonchev–Trinajstić information content (AvgIpc) is 1.35. The molecule has 2 unspecified atom stereocenters. The van der Waals surface area contributed by atoms with Gasteiger partial charge in [0, 0.05) is 24.7 Å². The predicted octanol–water partition coefficient (Wildman–Crippen LogP) is -15.2. The maximum absolute atomic E-state index is 15.2. The molecule has 25 N–H and O–H groups in total. The largest absolute Gasteiger partial charge is 0.858 e. The Morgan fingerprint density at radius 2 is 1.35 bits per heavy atom. The van der Waals surface area contributed by atoms with E-state index in [4.69, 9.17) is 44.6 Å². The van der Waals surface area contributed by atoms with Crippen molar-refractivity contribution < 1.29 is 138 Å². The van der Waals surface area contributed by atoms with E-state index in [1.54, 1.807) is 37.3 Å². The highest BCUT2D eigenvalue weighted by atomic mass is 16.8. The number of aliphatic hydroxyl groups is 13. The number of ether oxygens (including phenoxy) is 7. The van der Waals surface area contributed by atoms with Crippen molar-refractivity contribution >= 4 is 47.3 Å². The lowest BCUT2D eigenvalue weighted by molar-refractivity contribution is -0.663. The van der Waals surface area contributed by atoms with Crippen molar-refractivity contribution in [1.82, 2.24) is 31.9 Å². The van der Waals surface area contributed by atoms with Crippen LogP contribution in [0.3, 0.4) is 0 Å². The number of hydrogen-bond donors (Lipinski definition) is 23. The zero-order chi connectivity index (χ0) is 69.6. The van der Waals surface area contributed by atoms with Crippen LogP contribution in [0.2, 0.25) is 0 Å². The molecule has 0 radical (unpaired) electrons. The molecule has 7 aliphatic rings. The fourth-order valence-corrected chi connectivity index (χ4v) is 12.3. The second-order valence-electron chi connectivity index (χ2n) is 25.0. The number of benzene rings is 2. The van der Waals surface area contributed by atoms with Crippen LogP contribution in [0.25, 0.3) is 0 Å². The van der Waals surface area contributed by atoms with Crippen LogP contribution < -0.4 is 63.2 Å². The third kappa shape index (κ3) is 16.5. The molecule has 0 spiro atoms. The molecule has 4 amide bonds. The van der Waals surface area contributed by atoms with Gasteiger partial charge in [-0.2, -0.15) is 0 Å². The van der Waals surface area contributed by atoms with Crippen molar-refractivity contribution in [3.05, 3.63) is 65.7 Å². The molecule has 37 heteroatoms. The normalized spacial score (nSPS) is 37.8. The highest BCUT2D eigenvalue weighted by Crippen LogP contribution is 2.35. The zero-order valence-electron chi connectivity index (χ0n) is 52.4. The summed E-state index contributed by atoms with van der Waals surface area (Å²) in [5, 5.41) is 173. The number of nitrogens with two attached hydrogens (primary N) is 2. The Morgan fingerprint density at radius 1 is 0.698 bits per heavy atom. The lowest BCUT2D eigenvalue weighted by atomic mass is 9.92. The molecule has 2 aromatic carbocycles. The maximum Gasteiger partial charge on any atom is 0.358 e. The lowest BCUT2D eigenvalue weighted by Crippen LogP contribution is -2.80. The number of guanidine groups is 2. The summed E-state index contributed by atoms with van der Waals surface area (Å²) in [6.07, 6.45) is -29.2. The van der Waals surface area contributed by atoms with Crippen LogP contribution in [-0.2, 0) is 54.0 Å². The molecular formula is C59H88N12O25+2. The Bertz CT molecular complexity index is 3120. The van der Waals surface area contributed by atoms with E-state index in [1.807, 2.05) is 13.8 Å². The minimum Gasteiger partial charge on any atom is -0.858 e. The van der Waals surface area contributed by atoms with Crippen molar-refractivity contribution in [2.24, 2.45) is 22.4 Å². The van der Waals surface area contributed by atoms with Crippen LogP contribution in [0.1, 0.15) is 44.2 Å². The Balaban J connectivity index is 1.00. The maximum atomic E-state index is 15.2. The number of carbonyl (C=O) groups excluding carboxylic acids is 4. The predicted molar refractivity (Wildman–Crippen MR) is 321 cm³/mol. The van der Waals surface area contributed by atoms with Crippen molar-refractivity contribution in [3.63, 3.8) is 0 Å². The summed E-state index contributed by atoms with van der Waals surface area (Å²) in [4.78, 5) is 69.1. The van der Waals surface area contributed by atoms with E-state index in [1.165, 1.54) is 24.3 Å². The molecule has 0 bridgehead atoms. The molecule has 4 fully saturated rings. The first-order valence-corrected chi connectivity index (χ1v) is 31.4. The van der Waals surface area contributed by atoms with Gasteiger partial charge in [-0.1, -0.05) is 63.2 Å². The van der Waals surface area contributed by atoms with Gasteiger partial charge in [-0.15, -0.1) is 0 Å². The van der Waals surface area contributed by atoms with Gasteiger partial charge in [0.15, 0.2) is 25.2 Å². The number of rotatable bonds is 18. The van der Waals surface area contributed by atoms with Crippen molar-refractivity contribution in [2.75, 3.05) is 46.1 Å². The molecule has 7 aliphatic heterocycles. The molecule has 4 saturated heterocycles. The summed E-state index contributed by atoms with van der Waals surface area (Å²) in [6, 6.07) is 1.30. The zero-order valence-corrected chi connectivity index (χ0v) is 52.4. The Hall–Kier alpha value is -7.12. The van der Waals surface area contributed by atoms with Gasteiger partial charge in [-0.3, -0.25) is 51.3 Å². The van der Waals surface area contributed by atoms with Crippen LogP contribution in [0.4, 0.5) is 0 Å².